The normalized spacial score (nSPS) is 19.1. The monoisotopic (exact) mass is 293 g/mol. The number of nitrogen functional groups attached to an aromatic ring is 1. The highest BCUT2D eigenvalue weighted by Crippen LogP contribution is 2.25. The van der Waals surface area contributed by atoms with E-state index in [4.69, 9.17) is 5.84 Å². The molecule has 1 fully saturated rings. The van der Waals surface area contributed by atoms with Crippen molar-refractivity contribution in [2.45, 2.75) is 13.0 Å². The molecule has 1 unspecified atom stereocenters. The van der Waals surface area contributed by atoms with Crippen molar-refractivity contribution in [2.75, 3.05) is 39.2 Å². The molecular formula is C14H23N5O2. The van der Waals surface area contributed by atoms with E-state index in [9.17, 15) is 10.1 Å². The first-order valence-electron chi connectivity index (χ1n) is 7.10. The van der Waals surface area contributed by atoms with Gasteiger partial charge in [0.1, 0.15) is 5.69 Å². The second-order valence-corrected chi connectivity index (χ2v) is 5.87. The van der Waals surface area contributed by atoms with Crippen LogP contribution in [0.4, 0.5) is 11.4 Å². The SMILES string of the molecule is CN1CCC(CN(C)Cc2ccc([N+](=O)[O-])c(NN)c2)C1. The van der Waals surface area contributed by atoms with Crippen molar-refractivity contribution >= 4 is 11.4 Å². The Morgan fingerprint density at radius 1 is 1.57 bits per heavy atom. The first-order chi connectivity index (χ1) is 9.99. The highest BCUT2D eigenvalue weighted by Gasteiger charge is 2.21. The van der Waals surface area contributed by atoms with Crippen LogP contribution in [0.5, 0.6) is 0 Å². The molecule has 0 aliphatic carbocycles. The topological polar surface area (TPSA) is 87.7 Å². The van der Waals surface area contributed by atoms with Crippen LogP contribution in [-0.4, -0.2) is 48.5 Å². The molecule has 1 aliphatic rings. The van der Waals surface area contributed by atoms with Crippen LogP contribution in [-0.2, 0) is 6.54 Å². The van der Waals surface area contributed by atoms with Crippen molar-refractivity contribution in [3.05, 3.63) is 33.9 Å². The Morgan fingerprint density at radius 3 is 2.90 bits per heavy atom. The summed E-state index contributed by atoms with van der Waals surface area (Å²) in [6.45, 7) is 4.09. The maximum Gasteiger partial charge on any atom is 0.293 e. The number of hydrazine groups is 1. The third-order valence-electron chi connectivity index (χ3n) is 3.92. The molecular weight excluding hydrogens is 270 g/mol. The Balaban J connectivity index is 1.97. The summed E-state index contributed by atoms with van der Waals surface area (Å²) < 4.78 is 0. The molecule has 7 nitrogen and oxygen atoms in total. The Bertz CT molecular complexity index is 508. The minimum atomic E-state index is -0.433. The van der Waals surface area contributed by atoms with Crippen LogP contribution in [0.2, 0.25) is 0 Å². The number of benzene rings is 1. The predicted octanol–water partition coefficient (Wildman–Crippen LogP) is 1.26. The first kappa shape index (κ1) is 15.7. The number of nitro groups is 1. The summed E-state index contributed by atoms with van der Waals surface area (Å²) in [5.74, 6) is 6.06. The largest absolute Gasteiger partial charge is 0.318 e. The first-order valence-corrected chi connectivity index (χ1v) is 7.10. The third kappa shape index (κ3) is 4.13. The number of likely N-dealkylation sites (tertiary alicyclic amines) is 1. The van der Waals surface area contributed by atoms with Crippen LogP contribution >= 0.6 is 0 Å². The van der Waals surface area contributed by atoms with Crippen molar-refractivity contribution in [3.63, 3.8) is 0 Å². The quantitative estimate of drug-likeness (QED) is 0.466. The lowest BCUT2D eigenvalue weighted by Gasteiger charge is -2.21. The minimum Gasteiger partial charge on any atom is -0.318 e. The van der Waals surface area contributed by atoms with E-state index in [1.807, 2.05) is 0 Å². The molecule has 7 heteroatoms. The molecule has 3 N–H and O–H groups in total. The summed E-state index contributed by atoms with van der Waals surface area (Å²) in [6, 6.07) is 5.04. The van der Waals surface area contributed by atoms with Crippen LogP contribution in [0.15, 0.2) is 18.2 Å². The maximum atomic E-state index is 10.9. The third-order valence-corrected chi connectivity index (χ3v) is 3.92. The molecule has 0 bridgehead atoms. The fraction of sp³-hybridized carbons (Fsp3) is 0.571. The van der Waals surface area contributed by atoms with Gasteiger partial charge >= 0.3 is 0 Å². The van der Waals surface area contributed by atoms with E-state index in [1.165, 1.54) is 12.5 Å². The van der Waals surface area contributed by atoms with Gasteiger partial charge in [0.05, 0.1) is 4.92 Å². The molecule has 0 aromatic heterocycles. The van der Waals surface area contributed by atoms with Crippen molar-refractivity contribution in [2.24, 2.45) is 11.8 Å². The van der Waals surface area contributed by atoms with Gasteiger partial charge in [-0.05, 0) is 44.6 Å². The van der Waals surface area contributed by atoms with E-state index in [0.717, 1.165) is 31.7 Å². The molecule has 1 aromatic rings. The Labute approximate surface area is 124 Å². The summed E-state index contributed by atoms with van der Waals surface area (Å²) in [6.07, 6.45) is 1.23. The zero-order valence-electron chi connectivity index (χ0n) is 12.6. The van der Waals surface area contributed by atoms with E-state index in [1.54, 1.807) is 12.1 Å². The van der Waals surface area contributed by atoms with E-state index >= 15 is 0 Å². The number of rotatable bonds is 6. The van der Waals surface area contributed by atoms with E-state index in [-0.39, 0.29) is 5.69 Å². The minimum absolute atomic E-state index is 0.00122. The van der Waals surface area contributed by atoms with Gasteiger partial charge in [-0.25, -0.2) is 0 Å². The van der Waals surface area contributed by atoms with E-state index in [2.05, 4.69) is 29.3 Å². The van der Waals surface area contributed by atoms with Gasteiger partial charge in [-0.1, -0.05) is 6.07 Å². The molecule has 1 saturated heterocycles. The Morgan fingerprint density at radius 2 is 2.33 bits per heavy atom. The summed E-state index contributed by atoms with van der Waals surface area (Å²) >= 11 is 0. The van der Waals surface area contributed by atoms with Gasteiger partial charge < -0.3 is 15.2 Å². The fourth-order valence-corrected chi connectivity index (χ4v) is 2.95. The number of nitro benzene ring substituents is 1. The molecule has 0 amide bonds. The van der Waals surface area contributed by atoms with Gasteiger partial charge in [0.25, 0.3) is 5.69 Å². The number of anilines is 1. The van der Waals surface area contributed by atoms with Gasteiger partial charge in [-0.2, -0.15) is 0 Å². The van der Waals surface area contributed by atoms with Crippen LogP contribution in [0.3, 0.4) is 0 Å². The summed E-state index contributed by atoms with van der Waals surface area (Å²) in [5.41, 5.74) is 3.77. The molecule has 1 atom stereocenters. The summed E-state index contributed by atoms with van der Waals surface area (Å²) in [5, 5.41) is 10.9. The Hall–Kier alpha value is -1.70. The van der Waals surface area contributed by atoms with Crippen LogP contribution in [0, 0.1) is 16.0 Å². The average Bonchev–Trinajstić information content (AvgIpc) is 2.83. The molecule has 0 radical (unpaired) electrons. The van der Waals surface area contributed by atoms with E-state index < -0.39 is 4.92 Å². The lowest BCUT2D eigenvalue weighted by atomic mass is 10.1. The fourth-order valence-electron chi connectivity index (χ4n) is 2.95. The highest BCUT2D eigenvalue weighted by atomic mass is 16.6. The standard InChI is InChI=1S/C14H23N5O2/c1-17-6-5-12(9-17)10-18(2)8-11-3-4-14(19(20)21)13(7-11)16-15/h3-4,7,12,16H,5-6,8-10,15H2,1-2H3. The highest BCUT2D eigenvalue weighted by molar-refractivity contribution is 5.62. The van der Waals surface area contributed by atoms with Crippen molar-refractivity contribution in [1.29, 1.82) is 0 Å². The smallest absolute Gasteiger partial charge is 0.293 e. The molecule has 0 spiro atoms. The lowest BCUT2D eigenvalue weighted by Crippen LogP contribution is -2.27. The summed E-state index contributed by atoms with van der Waals surface area (Å²) in [7, 11) is 4.23. The molecule has 1 heterocycles. The second kappa shape index (κ2) is 6.84. The maximum absolute atomic E-state index is 10.9. The molecule has 1 aromatic carbocycles. The second-order valence-electron chi connectivity index (χ2n) is 5.87. The molecule has 21 heavy (non-hydrogen) atoms. The lowest BCUT2D eigenvalue weighted by molar-refractivity contribution is -0.384. The average molecular weight is 293 g/mol. The van der Waals surface area contributed by atoms with Gasteiger partial charge in [0.2, 0.25) is 0 Å². The van der Waals surface area contributed by atoms with Gasteiger partial charge in [0.15, 0.2) is 0 Å². The molecule has 2 rings (SSSR count). The number of nitrogens with one attached hydrogen (secondary N) is 1. The Kier molecular flexibility index (Phi) is 5.11. The van der Waals surface area contributed by atoms with Crippen molar-refractivity contribution in [3.8, 4) is 0 Å². The van der Waals surface area contributed by atoms with Crippen LogP contribution in [0.25, 0.3) is 0 Å². The number of nitrogens with zero attached hydrogens (tertiary/aromatic N) is 3. The van der Waals surface area contributed by atoms with Gasteiger partial charge in [0, 0.05) is 25.7 Å². The predicted molar refractivity (Wildman–Crippen MR) is 82.8 cm³/mol. The van der Waals surface area contributed by atoms with Gasteiger partial charge in [-0.3, -0.25) is 16.0 Å². The number of hydrogen-bond donors (Lipinski definition) is 2. The molecule has 1 aliphatic heterocycles. The summed E-state index contributed by atoms with van der Waals surface area (Å²) in [4.78, 5) is 15.0. The molecule has 116 valence electrons. The zero-order chi connectivity index (χ0) is 15.4. The van der Waals surface area contributed by atoms with Crippen LogP contribution in [0.1, 0.15) is 12.0 Å². The number of hydrogen-bond acceptors (Lipinski definition) is 6. The zero-order valence-corrected chi connectivity index (χ0v) is 12.6. The van der Waals surface area contributed by atoms with Crippen molar-refractivity contribution in [1.82, 2.24) is 9.80 Å². The van der Waals surface area contributed by atoms with Crippen molar-refractivity contribution < 1.29 is 4.92 Å². The van der Waals surface area contributed by atoms with Gasteiger partial charge in [-0.15, -0.1) is 0 Å². The van der Waals surface area contributed by atoms with Crippen LogP contribution < -0.4 is 11.3 Å². The molecule has 0 saturated carbocycles. The number of nitrogens with two attached hydrogens (primary N) is 1. The van der Waals surface area contributed by atoms with E-state index in [0.29, 0.717) is 11.6 Å².